The van der Waals surface area contributed by atoms with Crippen LogP contribution in [0.3, 0.4) is 0 Å². The minimum absolute atomic E-state index is 0.0241. The number of fused-ring (bicyclic) bond motifs is 1. The van der Waals surface area contributed by atoms with Gasteiger partial charge in [-0.05, 0) is 31.2 Å². The molecule has 0 N–H and O–H groups in total. The van der Waals surface area contributed by atoms with E-state index >= 15 is 0 Å². The second-order valence-corrected chi connectivity index (χ2v) is 6.35. The highest BCUT2D eigenvalue weighted by Gasteiger charge is 2.27. The van der Waals surface area contributed by atoms with E-state index in [0.29, 0.717) is 30.8 Å². The summed E-state index contributed by atoms with van der Waals surface area (Å²) in [6, 6.07) is 11.3. The number of pyridine rings is 1. The molecule has 0 unspecified atom stereocenters. The van der Waals surface area contributed by atoms with Gasteiger partial charge >= 0.3 is 0 Å². The Hall–Kier alpha value is -3.15. The predicted octanol–water partition coefficient (Wildman–Crippen LogP) is 3.16. The van der Waals surface area contributed by atoms with Crippen LogP contribution in [-0.2, 0) is 19.6 Å². The molecule has 2 aromatic heterocycles. The molecule has 0 saturated carbocycles. The van der Waals surface area contributed by atoms with E-state index in [9.17, 15) is 4.79 Å². The zero-order chi connectivity index (χ0) is 17.9. The van der Waals surface area contributed by atoms with Crippen molar-refractivity contribution < 1.29 is 14.1 Å². The number of aryl methyl sites for hydroxylation is 1. The summed E-state index contributed by atoms with van der Waals surface area (Å²) in [7, 11) is 0. The monoisotopic (exact) mass is 349 g/mol. The number of amides is 1. The number of benzene rings is 1. The highest BCUT2D eigenvalue weighted by molar-refractivity contribution is 5.94. The van der Waals surface area contributed by atoms with Crippen LogP contribution in [0.4, 0.5) is 0 Å². The van der Waals surface area contributed by atoms with Gasteiger partial charge in [0.2, 0.25) is 0 Å². The van der Waals surface area contributed by atoms with E-state index in [1.54, 1.807) is 12.4 Å². The number of aromatic nitrogens is 2. The Kier molecular flexibility index (Phi) is 4.39. The maximum atomic E-state index is 12.8. The second kappa shape index (κ2) is 7.00. The zero-order valence-corrected chi connectivity index (χ0v) is 14.5. The van der Waals surface area contributed by atoms with Gasteiger partial charge in [0.15, 0.2) is 0 Å². The van der Waals surface area contributed by atoms with Crippen molar-refractivity contribution in [3.8, 4) is 5.75 Å². The SMILES string of the molecule is Cc1ccc(C(=O)N2CCc3onc(COc4cccnc4)c3C2)cc1. The lowest BCUT2D eigenvalue weighted by Crippen LogP contribution is -2.36. The van der Waals surface area contributed by atoms with E-state index in [1.807, 2.05) is 48.2 Å². The smallest absolute Gasteiger partial charge is 0.254 e. The molecule has 0 radical (unpaired) electrons. The normalized spacial score (nSPS) is 13.3. The number of nitrogens with zero attached hydrogens (tertiary/aromatic N) is 3. The fourth-order valence-electron chi connectivity index (χ4n) is 3.01. The van der Waals surface area contributed by atoms with Gasteiger partial charge in [0.25, 0.3) is 5.91 Å². The largest absolute Gasteiger partial charge is 0.486 e. The maximum absolute atomic E-state index is 12.8. The zero-order valence-electron chi connectivity index (χ0n) is 14.5. The third-order valence-corrected chi connectivity index (χ3v) is 4.50. The molecule has 1 amide bonds. The van der Waals surface area contributed by atoms with Crippen molar-refractivity contribution in [3.05, 3.63) is 76.9 Å². The highest BCUT2D eigenvalue weighted by atomic mass is 16.5. The number of carbonyl (C=O) groups is 1. The first-order valence-corrected chi connectivity index (χ1v) is 8.56. The fraction of sp³-hybridized carbons (Fsp3) is 0.250. The van der Waals surface area contributed by atoms with Gasteiger partial charge in [-0.15, -0.1) is 0 Å². The number of hydrogen-bond donors (Lipinski definition) is 0. The van der Waals surface area contributed by atoms with Crippen LogP contribution in [0.2, 0.25) is 0 Å². The molecule has 132 valence electrons. The molecule has 26 heavy (non-hydrogen) atoms. The van der Waals surface area contributed by atoms with Crippen molar-refractivity contribution in [2.24, 2.45) is 0 Å². The summed E-state index contributed by atoms with van der Waals surface area (Å²) >= 11 is 0. The van der Waals surface area contributed by atoms with Gasteiger partial charge in [0, 0.05) is 30.3 Å². The van der Waals surface area contributed by atoms with Gasteiger partial charge in [0.05, 0.1) is 12.7 Å². The topological polar surface area (TPSA) is 68.5 Å². The van der Waals surface area contributed by atoms with Crippen LogP contribution < -0.4 is 4.74 Å². The molecule has 3 heterocycles. The lowest BCUT2D eigenvalue weighted by atomic mass is 10.0. The van der Waals surface area contributed by atoms with E-state index in [-0.39, 0.29) is 12.5 Å². The van der Waals surface area contributed by atoms with Crippen molar-refractivity contribution in [1.29, 1.82) is 0 Å². The molecule has 0 bridgehead atoms. The van der Waals surface area contributed by atoms with Crippen LogP contribution in [0, 0.1) is 6.92 Å². The first kappa shape index (κ1) is 16.3. The second-order valence-electron chi connectivity index (χ2n) is 6.35. The molecule has 0 fully saturated rings. The van der Waals surface area contributed by atoms with Crippen molar-refractivity contribution in [3.63, 3.8) is 0 Å². The van der Waals surface area contributed by atoms with E-state index in [2.05, 4.69) is 10.1 Å². The average molecular weight is 349 g/mol. The molecule has 0 spiro atoms. The van der Waals surface area contributed by atoms with Gasteiger partial charge in [-0.25, -0.2) is 0 Å². The van der Waals surface area contributed by atoms with E-state index in [1.165, 1.54) is 0 Å². The Labute approximate surface area is 151 Å². The van der Waals surface area contributed by atoms with Crippen LogP contribution in [0.5, 0.6) is 5.75 Å². The lowest BCUT2D eigenvalue weighted by molar-refractivity contribution is 0.0728. The van der Waals surface area contributed by atoms with Gasteiger partial charge in [-0.2, -0.15) is 0 Å². The van der Waals surface area contributed by atoms with E-state index in [0.717, 1.165) is 22.6 Å². The predicted molar refractivity (Wildman–Crippen MR) is 94.7 cm³/mol. The molecule has 1 aliphatic rings. The molecular formula is C20H19N3O3. The molecule has 0 saturated heterocycles. The first-order chi connectivity index (χ1) is 12.7. The van der Waals surface area contributed by atoms with Crippen molar-refractivity contribution in [2.45, 2.75) is 26.5 Å². The fourth-order valence-corrected chi connectivity index (χ4v) is 3.01. The Balaban J connectivity index is 1.48. The van der Waals surface area contributed by atoms with Crippen LogP contribution in [0.15, 0.2) is 53.3 Å². The summed E-state index contributed by atoms with van der Waals surface area (Å²) in [5.41, 5.74) is 3.51. The molecule has 6 heteroatoms. The van der Waals surface area contributed by atoms with Gasteiger partial charge in [-0.3, -0.25) is 9.78 Å². The van der Waals surface area contributed by atoms with E-state index in [4.69, 9.17) is 9.26 Å². The number of ether oxygens (including phenoxy) is 1. The standard InChI is InChI=1S/C20H19N3O3/c1-14-4-6-15(7-5-14)20(24)23-10-8-19-17(12-23)18(22-26-19)13-25-16-3-2-9-21-11-16/h2-7,9,11H,8,10,12-13H2,1H3. The quantitative estimate of drug-likeness (QED) is 0.724. The Morgan fingerprint density at radius 2 is 2.12 bits per heavy atom. The molecule has 4 rings (SSSR count). The number of carbonyl (C=O) groups excluding carboxylic acids is 1. The third kappa shape index (κ3) is 3.31. The summed E-state index contributed by atoms with van der Waals surface area (Å²) in [6.07, 6.45) is 4.01. The van der Waals surface area contributed by atoms with Gasteiger partial charge in [0.1, 0.15) is 23.8 Å². The molecule has 1 aromatic carbocycles. The first-order valence-electron chi connectivity index (χ1n) is 8.56. The molecule has 3 aromatic rings. The Morgan fingerprint density at radius 1 is 1.27 bits per heavy atom. The van der Waals surface area contributed by atoms with Crippen LogP contribution in [0.25, 0.3) is 0 Å². The summed E-state index contributed by atoms with van der Waals surface area (Å²) in [5.74, 6) is 1.53. The molecule has 0 atom stereocenters. The molecule has 0 aliphatic carbocycles. The summed E-state index contributed by atoms with van der Waals surface area (Å²) in [5, 5.41) is 4.13. The minimum Gasteiger partial charge on any atom is -0.486 e. The van der Waals surface area contributed by atoms with Crippen molar-refractivity contribution in [2.75, 3.05) is 6.54 Å². The number of hydrogen-bond acceptors (Lipinski definition) is 5. The van der Waals surface area contributed by atoms with Crippen LogP contribution >= 0.6 is 0 Å². The lowest BCUT2D eigenvalue weighted by Gasteiger charge is -2.26. The van der Waals surface area contributed by atoms with Crippen LogP contribution in [0.1, 0.15) is 32.9 Å². The molecular weight excluding hydrogens is 330 g/mol. The third-order valence-electron chi connectivity index (χ3n) is 4.50. The van der Waals surface area contributed by atoms with Gasteiger partial charge in [-0.1, -0.05) is 22.9 Å². The number of rotatable bonds is 4. The summed E-state index contributed by atoms with van der Waals surface area (Å²) in [4.78, 5) is 18.6. The van der Waals surface area contributed by atoms with Crippen molar-refractivity contribution in [1.82, 2.24) is 15.0 Å². The summed E-state index contributed by atoms with van der Waals surface area (Å²) in [6.45, 7) is 3.40. The minimum atomic E-state index is 0.0241. The Morgan fingerprint density at radius 3 is 2.88 bits per heavy atom. The van der Waals surface area contributed by atoms with E-state index < -0.39 is 0 Å². The molecule has 1 aliphatic heterocycles. The molecule has 6 nitrogen and oxygen atoms in total. The Bertz CT molecular complexity index is 904. The van der Waals surface area contributed by atoms with Crippen LogP contribution in [-0.4, -0.2) is 27.5 Å². The van der Waals surface area contributed by atoms with Gasteiger partial charge < -0.3 is 14.2 Å². The highest BCUT2D eigenvalue weighted by Crippen LogP contribution is 2.25. The summed E-state index contributed by atoms with van der Waals surface area (Å²) < 4.78 is 11.2. The van der Waals surface area contributed by atoms with Crippen molar-refractivity contribution >= 4 is 5.91 Å². The average Bonchev–Trinajstić information content (AvgIpc) is 3.09. The maximum Gasteiger partial charge on any atom is 0.254 e.